The van der Waals surface area contributed by atoms with E-state index in [0.717, 1.165) is 32.7 Å². The van der Waals surface area contributed by atoms with E-state index >= 15 is 0 Å². The molecule has 1 aliphatic rings. The van der Waals surface area contributed by atoms with Crippen molar-refractivity contribution >= 4 is 5.91 Å². The van der Waals surface area contributed by atoms with Gasteiger partial charge >= 0.3 is 0 Å². The first-order chi connectivity index (χ1) is 7.86. The standard InChI is InChI=1S/C10H16N4O2/c15-10(9-1-8-16-13-9)12-4-7-14-5-2-11-3-6-14/h1,8,11H,2-7H2,(H,12,15). The summed E-state index contributed by atoms with van der Waals surface area (Å²) in [5, 5.41) is 9.66. The zero-order chi connectivity index (χ0) is 11.2. The Morgan fingerprint density at radius 3 is 3.06 bits per heavy atom. The molecule has 0 saturated carbocycles. The summed E-state index contributed by atoms with van der Waals surface area (Å²) in [5.74, 6) is -0.177. The second-order valence-electron chi connectivity index (χ2n) is 3.73. The quantitative estimate of drug-likeness (QED) is 0.708. The Kier molecular flexibility index (Phi) is 3.90. The third kappa shape index (κ3) is 3.04. The van der Waals surface area contributed by atoms with Crippen molar-refractivity contribution in [3.63, 3.8) is 0 Å². The number of aromatic nitrogens is 1. The van der Waals surface area contributed by atoms with Crippen molar-refractivity contribution < 1.29 is 9.32 Å². The van der Waals surface area contributed by atoms with Crippen molar-refractivity contribution in [2.45, 2.75) is 0 Å². The Labute approximate surface area is 94.0 Å². The van der Waals surface area contributed by atoms with Crippen LogP contribution in [0, 0.1) is 0 Å². The van der Waals surface area contributed by atoms with Crippen LogP contribution in [0.3, 0.4) is 0 Å². The van der Waals surface area contributed by atoms with Crippen LogP contribution in [-0.4, -0.2) is 55.2 Å². The normalized spacial score (nSPS) is 17.2. The van der Waals surface area contributed by atoms with Crippen molar-refractivity contribution in [1.82, 2.24) is 20.7 Å². The van der Waals surface area contributed by atoms with E-state index in [-0.39, 0.29) is 5.91 Å². The molecule has 0 radical (unpaired) electrons. The van der Waals surface area contributed by atoms with Gasteiger partial charge in [0.1, 0.15) is 6.26 Å². The Bertz CT molecular complexity index is 320. The molecule has 6 heteroatoms. The average Bonchev–Trinajstić information content (AvgIpc) is 2.84. The van der Waals surface area contributed by atoms with E-state index in [1.807, 2.05) is 0 Å². The predicted molar refractivity (Wildman–Crippen MR) is 58.1 cm³/mol. The van der Waals surface area contributed by atoms with Crippen LogP contribution < -0.4 is 10.6 Å². The number of nitrogens with zero attached hydrogens (tertiary/aromatic N) is 2. The van der Waals surface area contributed by atoms with Crippen LogP contribution in [0.1, 0.15) is 10.5 Å². The molecule has 1 saturated heterocycles. The summed E-state index contributed by atoms with van der Waals surface area (Å²) in [7, 11) is 0. The molecule has 88 valence electrons. The summed E-state index contributed by atoms with van der Waals surface area (Å²) in [6.07, 6.45) is 1.39. The predicted octanol–water partition coefficient (Wildman–Crippen LogP) is -0.690. The van der Waals surface area contributed by atoms with Crippen LogP contribution in [0.15, 0.2) is 16.9 Å². The van der Waals surface area contributed by atoms with Gasteiger partial charge in [-0.1, -0.05) is 5.16 Å². The molecule has 2 heterocycles. The second kappa shape index (κ2) is 5.62. The minimum atomic E-state index is -0.177. The van der Waals surface area contributed by atoms with E-state index in [1.54, 1.807) is 6.07 Å². The SMILES string of the molecule is O=C(NCCN1CCNCC1)c1ccon1. The number of nitrogens with one attached hydrogen (secondary N) is 2. The number of piperazine rings is 1. The molecule has 2 rings (SSSR count). The van der Waals surface area contributed by atoms with Crippen LogP contribution in [0.5, 0.6) is 0 Å². The maximum atomic E-state index is 11.5. The molecule has 0 bridgehead atoms. The molecule has 0 aromatic carbocycles. The monoisotopic (exact) mass is 224 g/mol. The van der Waals surface area contributed by atoms with Gasteiger partial charge in [0.05, 0.1) is 0 Å². The van der Waals surface area contributed by atoms with Gasteiger partial charge in [0.25, 0.3) is 5.91 Å². The molecule has 1 fully saturated rings. The van der Waals surface area contributed by atoms with E-state index in [9.17, 15) is 4.79 Å². The Morgan fingerprint density at radius 2 is 2.38 bits per heavy atom. The molecule has 6 nitrogen and oxygen atoms in total. The minimum absolute atomic E-state index is 0.177. The van der Waals surface area contributed by atoms with Crippen LogP contribution in [0.25, 0.3) is 0 Å². The van der Waals surface area contributed by atoms with Gasteiger partial charge in [-0.05, 0) is 0 Å². The van der Waals surface area contributed by atoms with Gasteiger partial charge in [-0.25, -0.2) is 0 Å². The zero-order valence-corrected chi connectivity index (χ0v) is 9.11. The number of carbonyl (C=O) groups is 1. The highest BCUT2D eigenvalue weighted by Gasteiger charge is 2.11. The minimum Gasteiger partial charge on any atom is -0.364 e. The van der Waals surface area contributed by atoms with Crippen molar-refractivity contribution in [3.05, 3.63) is 18.0 Å². The van der Waals surface area contributed by atoms with E-state index in [2.05, 4.69) is 25.2 Å². The van der Waals surface area contributed by atoms with Gasteiger partial charge in [0, 0.05) is 45.3 Å². The highest BCUT2D eigenvalue weighted by Crippen LogP contribution is 1.94. The van der Waals surface area contributed by atoms with Gasteiger partial charge in [-0.3, -0.25) is 9.69 Å². The number of carbonyl (C=O) groups excluding carboxylic acids is 1. The van der Waals surface area contributed by atoms with Gasteiger partial charge < -0.3 is 15.2 Å². The van der Waals surface area contributed by atoms with Gasteiger partial charge in [-0.2, -0.15) is 0 Å². The molecule has 1 aromatic rings. The summed E-state index contributed by atoms with van der Waals surface area (Å²) in [4.78, 5) is 13.8. The topological polar surface area (TPSA) is 70.4 Å². The molecule has 0 atom stereocenters. The number of hydrogen-bond acceptors (Lipinski definition) is 5. The molecule has 0 aliphatic carbocycles. The van der Waals surface area contributed by atoms with Gasteiger partial charge in [0.2, 0.25) is 0 Å². The molecule has 1 aromatic heterocycles. The zero-order valence-electron chi connectivity index (χ0n) is 9.11. The van der Waals surface area contributed by atoms with E-state index in [0.29, 0.717) is 12.2 Å². The number of hydrogen-bond donors (Lipinski definition) is 2. The maximum Gasteiger partial charge on any atom is 0.273 e. The van der Waals surface area contributed by atoms with E-state index in [1.165, 1.54) is 6.26 Å². The van der Waals surface area contributed by atoms with Crippen molar-refractivity contribution in [1.29, 1.82) is 0 Å². The fourth-order valence-corrected chi connectivity index (χ4v) is 1.68. The van der Waals surface area contributed by atoms with Gasteiger partial charge in [0.15, 0.2) is 5.69 Å². The lowest BCUT2D eigenvalue weighted by Crippen LogP contribution is -2.46. The van der Waals surface area contributed by atoms with Crippen LogP contribution in [0.4, 0.5) is 0 Å². The number of amides is 1. The summed E-state index contributed by atoms with van der Waals surface area (Å²) < 4.78 is 4.60. The van der Waals surface area contributed by atoms with Crippen LogP contribution in [0.2, 0.25) is 0 Å². The lowest BCUT2D eigenvalue weighted by molar-refractivity contribution is 0.0938. The maximum absolute atomic E-state index is 11.5. The highest BCUT2D eigenvalue weighted by molar-refractivity contribution is 5.91. The first kappa shape index (κ1) is 11.1. The fraction of sp³-hybridized carbons (Fsp3) is 0.600. The molecular weight excluding hydrogens is 208 g/mol. The molecule has 0 unspecified atom stereocenters. The van der Waals surface area contributed by atoms with Crippen LogP contribution >= 0.6 is 0 Å². The molecule has 16 heavy (non-hydrogen) atoms. The average molecular weight is 224 g/mol. The Morgan fingerprint density at radius 1 is 1.56 bits per heavy atom. The Balaban J connectivity index is 1.66. The number of rotatable bonds is 4. The second-order valence-corrected chi connectivity index (χ2v) is 3.73. The van der Waals surface area contributed by atoms with E-state index < -0.39 is 0 Å². The first-order valence-electron chi connectivity index (χ1n) is 5.48. The van der Waals surface area contributed by atoms with Crippen LogP contribution in [-0.2, 0) is 0 Å². The smallest absolute Gasteiger partial charge is 0.273 e. The Hall–Kier alpha value is -1.40. The summed E-state index contributed by atoms with van der Waals surface area (Å²) in [6.45, 7) is 5.66. The lowest BCUT2D eigenvalue weighted by atomic mass is 10.3. The third-order valence-electron chi connectivity index (χ3n) is 2.59. The summed E-state index contributed by atoms with van der Waals surface area (Å²) >= 11 is 0. The fourth-order valence-electron chi connectivity index (χ4n) is 1.68. The summed E-state index contributed by atoms with van der Waals surface area (Å²) in [6, 6.07) is 1.56. The molecule has 1 aliphatic heterocycles. The third-order valence-corrected chi connectivity index (χ3v) is 2.59. The highest BCUT2D eigenvalue weighted by atomic mass is 16.5. The van der Waals surface area contributed by atoms with Gasteiger partial charge in [-0.15, -0.1) is 0 Å². The van der Waals surface area contributed by atoms with Crippen molar-refractivity contribution in [3.8, 4) is 0 Å². The molecule has 2 N–H and O–H groups in total. The molecule has 0 spiro atoms. The van der Waals surface area contributed by atoms with Crippen molar-refractivity contribution in [2.75, 3.05) is 39.3 Å². The first-order valence-corrected chi connectivity index (χ1v) is 5.48. The van der Waals surface area contributed by atoms with E-state index in [4.69, 9.17) is 0 Å². The largest absolute Gasteiger partial charge is 0.364 e. The summed E-state index contributed by atoms with van der Waals surface area (Å²) in [5.41, 5.74) is 0.334. The lowest BCUT2D eigenvalue weighted by Gasteiger charge is -2.26. The van der Waals surface area contributed by atoms with Crippen molar-refractivity contribution in [2.24, 2.45) is 0 Å². The molecule has 1 amide bonds. The molecular formula is C10H16N4O2.